The molecule has 0 spiro atoms. The van der Waals surface area contributed by atoms with Crippen LogP contribution in [-0.4, -0.2) is 12.0 Å². The van der Waals surface area contributed by atoms with E-state index < -0.39 is 0 Å². The summed E-state index contributed by atoms with van der Waals surface area (Å²) in [6.07, 6.45) is -0.319. The van der Waals surface area contributed by atoms with Crippen LogP contribution in [0.2, 0.25) is 0 Å². The molecular formula is C15H13N5. The second kappa shape index (κ2) is 4.16. The molecule has 1 N–H and O–H groups in total. The van der Waals surface area contributed by atoms with Crippen LogP contribution < -0.4 is 10.5 Å². The zero-order valence-electron chi connectivity index (χ0n) is 11.0. The smallest absolute Gasteiger partial charge is 0.234 e. The molecule has 0 bridgehead atoms. The molecule has 0 radical (unpaired) electrons. The minimum absolute atomic E-state index is 0.319. The Labute approximate surface area is 116 Å². The number of anilines is 1. The molecule has 0 aliphatic carbocycles. The lowest BCUT2D eigenvalue weighted by atomic mass is 9.97. The molecule has 2 aromatic carbocycles. The largest absolute Gasteiger partial charge is 0.256 e. The Hall–Kier alpha value is -2.69. The minimum Gasteiger partial charge on any atom is -0.234 e. The molecule has 2 heterocycles. The number of rotatable bonds is 1. The first-order chi connectivity index (χ1) is 9.83. The van der Waals surface area contributed by atoms with E-state index in [2.05, 4.69) is 53.1 Å². The molecule has 0 saturated heterocycles. The molecule has 1 atom stereocenters. The Bertz CT molecular complexity index is 720. The highest BCUT2D eigenvalue weighted by Crippen LogP contribution is 2.32. The van der Waals surface area contributed by atoms with Crippen LogP contribution in [0, 0.1) is 6.92 Å². The summed E-state index contributed by atoms with van der Waals surface area (Å²) in [5.74, 6) is 0. The van der Waals surface area contributed by atoms with E-state index in [0.29, 0.717) is 0 Å². The van der Waals surface area contributed by atoms with Gasteiger partial charge in [0.2, 0.25) is 0 Å². The Morgan fingerprint density at radius 2 is 1.95 bits per heavy atom. The summed E-state index contributed by atoms with van der Waals surface area (Å²) in [7, 11) is 0. The maximum Gasteiger partial charge on any atom is 0.256 e. The van der Waals surface area contributed by atoms with Gasteiger partial charge in [0, 0.05) is 11.1 Å². The van der Waals surface area contributed by atoms with E-state index in [1.807, 2.05) is 23.2 Å². The van der Waals surface area contributed by atoms with Crippen LogP contribution in [0.15, 0.2) is 63.9 Å². The van der Waals surface area contributed by atoms with Crippen molar-refractivity contribution in [3.05, 3.63) is 65.2 Å². The van der Waals surface area contributed by atoms with Gasteiger partial charge in [0.1, 0.15) is 0 Å². The third-order valence-electron chi connectivity index (χ3n) is 3.50. The van der Waals surface area contributed by atoms with Gasteiger partial charge in [-0.15, -0.1) is 5.11 Å². The van der Waals surface area contributed by atoms with Crippen molar-refractivity contribution in [2.24, 2.45) is 15.3 Å². The number of hydrogen-bond acceptors (Lipinski definition) is 5. The average Bonchev–Trinajstić information content (AvgIpc) is 2.95. The van der Waals surface area contributed by atoms with Gasteiger partial charge in [-0.2, -0.15) is 5.53 Å². The Morgan fingerprint density at radius 3 is 2.80 bits per heavy atom. The lowest BCUT2D eigenvalue weighted by molar-refractivity contribution is 0.640. The fraction of sp³-hybridized carbons (Fsp3) is 0.133. The number of nitrogens with one attached hydrogen (secondary N) is 1. The molecule has 0 fully saturated rings. The van der Waals surface area contributed by atoms with E-state index in [4.69, 9.17) is 4.99 Å². The number of fused-ring (bicyclic) bond motifs is 3. The van der Waals surface area contributed by atoms with Crippen molar-refractivity contribution in [2.45, 2.75) is 13.2 Å². The maximum atomic E-state index is 4.72. The Kier molecular flexibility index (Phi) is 2.32. The van der Waals surface area contributed by atoms with E-state index in [1.54, 1.807) is 0 Å². The molecule has 2 aliphatic heterocycles. The van der Waals surface area contributed by atoms with Crippen molar-refractivity contribution in [3.8, 4) is 0 Å². The van der Waals surface area contributed by atoms with E-state index >= 15 is 0 Å². The van der Waals surface area contributed by atoms with Crippen LogP contribution in [0.1, 0.15) is 16.7 Å². The van der Waals surface area contributed by atoms with Crippen molar-refractivity contribution in [2.75, 3.05) is 5.01 Å². The number of aliphatic imine (C=N–C) groups is 1. The van der Waals surface area contributed by atoms with Crippen molar-refractivity contribution in [3.63, 3.8) is 0 Å². The number of hydrazine groups is 1. The first kappa shape index (κ1) is 11.2. The number of nitrogens with zero attached hydrogens (tertiary/aromatic N) is 4. The molecule has 5 heteroatoms. The van der Waals surface area contributed by atoms with E-state index in [9.17, 15) is 0 Å². The molecule has 2 aliphatic rings. The van der Waals surface area contributed by atoms with Crippen molar-refractivity contribution in [1.82, 2.24) is 5.53 Å². The second-order valence-corrected chi connectivity index (χ2v) is 4.90. The zero-order valence-corrected chi connectivity index (χ0v) is 11.0. The molecule has 98 valence electrons. The fourth-order valence-electron chi connectivity index (χ4n) is 2.55. The normalized spacial score (nSPS) is 19.1. The Balaban J connectivity index is 1.94. The van der Waals surface area contributed by atoms with Gasteiger partial charge in [-0.1, -0.05) is 47.2 Å². The highest BCUT2D eigenvalue weighted by Gasteiger charge is 2.31. The average molecular weight is 263 g/mol. The molecule has 1 unspecified atom stereocenters. The zero-order chi connectivity index (χ0) is 13.5. The van der Waals surface area contributed by atoms with Gasteiger partial charge in [-0.05, 0) is 19.1 Å². The summed E-state index contributed by atoms with van der Waals surface area (Å²) in [5.41, 5.74) is 8.32. The van der Waals surface area contributed by atoms with Gasteiger partial charge < -0.3 is 0 Å². The van der Waals surface area contributed by atoms with Crippen LogP contribution >= 0.6 is 0 Å². The highest BCUT2D eigenvalue weighted by atomic mass is 15.8. The Morgan fingerprint density at radius 1 is 1.10 bits per heavy atom. The standard InChI is InChI=1S/C15H13N5/c1-10-7-8-13-12(9-10)14(11-5-3-2-4-6-11)16-15-17-18-19-20(13)15/h2-9,15H,1H3,(H,17,19). The van der Waals surface area contributed by atoms with Gasteiger partial charge in [0.05, 0.1) is 11.4 Å². The summed E-state index contributed by atoms with van der Waals surface area (Å²) in [4.78, 5) is 4.72. The molecule has 20 heavy (non-hydrogen) atoms. The van der Waals surface area contributed by atoms with Gasteiger partial charge in [-0.25, -0.2) is 10.0 Å². The first-order valence-electron chi connectivity index (χ1n) is 6.52. The first-order valence-corrected chi connectivity index (χ1v) is 6.52. The van der Waals surface area contributed by atoms with Gasteiger partial charge >= 0.3 is 0 Å². The van der Waals surface area contributed by atoms with Crippen molar-refractivity contribution < 1.29 is 0 Å². The van der Waals surface area contributed by atoms with E-state index in [0.717, 1.165) is 22.5 Å². The monoisotopic (exact) mass is 263 g/mol. The molecule has 5 nitrogen and oxygen atoms in total. The van der Waals surface area contributed by atoms with Gasteiger partial charge in [0.15, 0.2) is 0 Å². The molecule has 0 amide bonds. The maximum absolute atomic E-state index is 4.72. The highest BCUT2D eigenvalue weighted by molar-refractivity contribution is 6.17. The van der Waals surface area contributed by atoms with Crippen LogP contribution in [0.5, 0.6) is 0 Å². The molecule has 0 saturated carbocycles. The fourth-order valence-corrected chi connectivity index (χ4v) is 2.55. The number of benzene rings is 2. The number of aryl methyl sites for hydroxylation is 1. The van der Waals surface area contributed by atoms with Gasteiger partial charge in [-0.3, -0.25) is 0 Å². The summed E-state index contributed by atoms with van der Waals surface area (Å²) >= 11 is 0. The third-order valence-corrected chi connectivity index (χ3v) is 3.50. The number of hydrogen-bond donors (Lipinski definition) is 1. The summed E-state index contributed by atoms with van der Waals surface area (Å²) < 4.78 is 0. The third kappa shape index (κ3) is 1.60. The molecule has 0 aromatic heterocycles. The predicted octanol–water partition coefficient (Wildman–Crippen LogP) is 2.82. The van der Waals surface area contributed by atoms with Crippen LogP contribution in [0.4, 0.5) is 5.69 Å². The summed E-state index contributed by atoms with van der Waals surface area (Å²) in [6.45, 7) is 2.08. The van der Waals surface area contributed by atoms with E-state index in [-0.39, 0.29) is 6.29 Å². The van der Waals surface area contributed by atoms with Crippen molar-refractivity contribution >= 4 is 11.4 Å². The predicted molar refractivity (Wildman–Crippen MR) is 77.5 cm³/mol. The lowest BCUT2D eigenvalue weighted by Gasteiger charge is -2.28. The SMILES string of the molecule is Cc1ccc2c(c1)C(c1ccccc1)=NC1N=NNN21. The minimum atomic E-state index is -0.319. The van der Waals surface area contributed by atoms with Crippen LogP contribution in [0.25, 0.3) is 0 Å². The lowest BCUT2D eigenvalue weighted by Crippen LogP contribution is -2.40. The van der Waals surface area contributed by atoms with Crippen molar-refractivity contribution in [1.29, 1.82) is 0 Å². The van der Waals surface area contributed by atoms with E-state index in [1.165, 1.54) is 5.56 Å². The summed E-state index contributed by atoms with van der Waals surface area (Å²) in [5, 5.41) is 9.85. The van der Waals surface area contributed by atoms with Crippen LogP contribution in [0.3, 0.4) is 0 Å². The molecular weight excluding hydrogens is 250 g/mol. The van der Waals surface area contributed by atoms with Gasteiger partial charge in [0.25, 0.3) is 6.29 Å². The quantitative estimate of drug-likeness (QED) is 0.860. The summed E-state index contributed by atoms with van der Waals surface area (Å²) in [6, 6.07) is 16.5. The topological polar surface area (TPSA) is 52.4 Å². The molecule has 4 rings (SSSR count). The second-order valence-electron chi connectivity index (χ2n) is 4.90. The van der Waals surface area contributed by atoms with Crippen LogP contribution in [-0.2, 0) is 0 Å². The molecule has 2 aromatic rings.